The zero-order valence-corrected chi connectivity index (χ0v) is 15.9. The van der Waals surface area contributed by atoms with Gasteiger partial charge in [-0.3, -0.25) is 9.78 Å². The lowest BCUT2D eigenvalue weighted by molar-refractivity contribution is -0.149. The monoisotopic (exact) mass is 383 g/mol. The molecule has 8 nitrogen and oxygen atoms in total. The molecule has 0 aliphatic rings. The summed E-state index contributed by atoms with van der Waals surface area (Å²) in [4.78, 5) is 20.5. The van der Waals surface area contributed by atoms with Gasteiger partial charge in [-0.1, -0.05) is 17.3 Å². The second-order valence-electron chi connectivity index (χ2n) is 5.98. The van der Waals surface area contributed by atoms with Crippen LogP contribution in [0.5, 0.6) is 11.5 Å². The molecule has 0 spiro atoms. The number of aryl methyl sites for hydroxylation is 1. The van der Waals surface area contributed by atoms with Gasteiger partial charge in [0.1, 0.15) is 0 Å². The zero-order valence-electron chi connectivity index (χ0n) is 15.9. The lowest BCUT2D eigenvalue weighted by Gasteiger charge is -2.13. The molecule has 0 N–H and O–H groups in total. The van der Waals surface area contributed by atoms with E-state index in [-0.39, 0.29) is 18.3 Å². The van der Waals surface area contributed by atoms with Gasteiger partial charge < -0.3 is 18.7 Å². The molecule has 146 valence electrons. The topological polar surface area (TPSA) is 96.6 Å². The highest BCUT2D eigenvalue weighted by molar-refractivity contribution is 5.70. The van der Waals surface area contributed by atoms with E-state index in [1.807, 2.05) is 18.2 Å². The third kappa shape index (κ3) is 4.46. The molecule has 0 fully saturated rings. The van der Waals surface area contributed by atoms with Gasteiger partial charge in [0.15, 0.2) is 17.6 Å². The molecular formula is C20H21N3O5. The maximum absolute atomic E-state index is 12.2. The average molecular weight is 383 g/mol. The van der Waals surface area contributed by atoms with Crippen LogP contribution >= 0.6 is 0 Å². The Labute approximate surface area is 162 Å². The summed E-state index contributed by atoms with van der Waals surface area (Å²) in [5, 5.41) is 3.90. The maximum atomic E-state index is 12.2. The second-order valence-corrected chi connectivity index (χ2v) is 5.98. The normalized spacial score (nSPS) is 11.7. The first kappa shape index (κ1) is 19.3. The molecule has 8 heteroatoms. The minimum absolute atomic E-state index is 0.178. The largest absolute Gasteiger partial charge is 0.493 e. The highest BCUT2D eigenvalue weighted by atomic mass is 16.6. The summed E-state index contributed by atoms with van der Waals surface area (Å²) >= 11 is 0. The summed E-state index contributed by atoms with van der Waals surface area (Å²) in [6, 6.07) is 9.14. The standard InChI is InChI=1S/C20H21N3O5/c1-13(20-22-19(23-28-20)15-7-5-11-21-12-15)27-17(24)10-9-14-6-4-8-16(25-2)18(14)26-3/h4-8,11-13H,9-10H2,1-3H3. The number of hydrogen-bond acceptors (Lipinski definition) is 8. The van der Waals surface area contributed by atoms with Crippen molar-refractivity contribution in [3.8, 4) is 22.9 Å². The zero-order chi connectivity index (χ0) is 19.9. The first-order chi connectivity index (χ1) is 13.6. The van der Waals surface area contributed by atoms with Crippen LogP contribution < -0.4 is 9.47 Å². The van der Waals surface area contributed by atoms with Gasteiger partial charge in [-0.15, -0.1) is 0 Å². The first-order valence-corrected chi connectivity index (χ1v) is 8.75. The van der Waals surface area contributed by atoms with E-state index in [1.165, 1.54) is 0 Å². The van der Waals surface area contributed by atoms with E-state index in [9.17, 15) is 4.79 Å². The fraction of sp³-hybridized carbons (Fsp3) is 0.300. The van der Waals surface area contributed by atoms with E-state index in [0.717, 1.165) is 11.1 Å². The average Bonchev–Trinajstić information content (AvgIpc) is 3.23. The van der Waals surface area contributed by atoms with Gasteiger partial charge in [0, 0.05) is 24.4 Å². The number of aromatic nitrogens is 3. The van der Waals surface area contributed by atoms with Crippen molar-refractivity contribution in [1.82, 2.24) is 15.1 Å². The van der Waals surface area contributed by atoms with Crippen molar-refractivity contribution >= 4 is 5.97 Å². The van der Waals surface area contributed by atoms with E-state index in [0.29, 0.717) is 23.7 Å². The smallest absolute Gasteiger partial charge is 0.306 e. The number of pyridine rings is 1. The number of para-hydroxylation sites is 1. The van der Waals surface area contributed by atoms with Crippen LogP contribution in [-0.4, -0.2) is 35.3 Å². The third-order valence-corrected chi connectivity index (χ3v) is 4.10. The highest BCUT2D eigenvalue weighted by Crippen LogP contribution is 2.31. The molecule has 0 saturated heterocycles. The van der Waals surface area contributed by atoms with Gasteiger partial charge in [0.2, 0.25) is 5.82 Å². The lowest BCUT2D eigenvalue weighted by atomic mass is 10.1. The van der Waals surface area contributed by atoms with Gasteiger partial charge in [0.25, 0.3) is 5.89 Å². The Morgan fingerprint density at radius 1 is 1.18 bits per heavy atom. The Bertz CT molecular complexity index is 927. The van der Waals surface area contributed by atoms with Crippen LogP contribution in [0.4, 0.5) is 0 Å². The highest BCUT2D eigenvalue weighted by Gasteiger charge is 2.20. The van der Waals surface area contributed by atoms with E-state index < -0.39 is 6.10 Å². The summed E-state index contributed by atoms with van der Waals surface area (Å²) in [7, 11) is 3.14. The van der Waals surface area contributed by atoms with E-state index in [1.54, 1.807) is 45.7 Å². The molecule has 0 saturated carbocycles. The maximum Gasteiger partial charge on any atom is 0.306 e. The van der Waals surface area contributed by atoms with Gasteiger partial charge in [-0.25, -0.2) is 0 Å². The molecule has 0 amide bonds. The van der Waals surface area contributed by atoms with Crippen LogP contribution in [0.15, 0.2) is 47.2 Å². The van der Waals surface area contributed by atoms with Gasteiger partial charge in [-0.05, 0) is 37.1 Å². The Morgan fingerprint density at radius 3 is 2.75 bits per heavy atom. The molecule has 1 unspecified atom stereocenters. The molecule has 3 aromatic rings. The van der Waals surface area contributed by atoms with E-state index in [2.05, 4.69) is 15.1 Å². The number of nitrogens with zero attached hydrogens (tertiary/aromatic N) is 3. The van der Waals surface area contributed by atoms with Crippen molar-refractivity contribution in [3.63, 3.8) is 0 Å². The van der Waals surface area contributed by atoms with Crippen molar-refractivity contribution in [2.75, 3.05) is 14.2 Å². The van der Waals surface area contributed by atoms with Crippen molar-refractivity contribution in [1.29, 1.82) is 0 Å². The molecule has 0 radical (unpaired) electrons. The number of rotatable bonds is 8. The fourth-order valence-corrected chi connectivity index (χ4v) is 2.71. The Morgan fingerprint density at radius 2 is 2.04 bits per heavy atom. The Hall–Kier alpha value is -3.42. The van der Waals surface area contributed by atoms with Crippen LogP contribution in [0.2, 0.25) is 0 Å². The minimum atomic E-state index is -0.655. The van der Waals surface area contributed by atoms with Gasteiger partial charge in [-0.2, -0.15) is 4.98 Å². The molecule has 3 rings (SSSR count). The minimum Gasteiger partial charge on any atom is -0.493 e. The van der Waals surface area contributed by atoms with Crippen molar-refractivity contribution in [2.45, 2.75) is 25.9 Å². The quantitative estimate of drug-likeness (QED) is 0.546. The Balaban J connectivity index is 1.59. The second kappa shape index (κ2) is 8.98. The summed E-state index contributed by atoms with van der Waals surface area (Å²) in [6.45, 7) is 1.69. The van der Waals surface area contributed by atoms with E-state index >= 15 is 0 Å². The summed E-state index contributed by atoms with van der Waals surface area (Å²) in [5.41, 5.74) is 1.59. The molecule has 0 aliphatic heterocycles. The summed E-state index contributed by atoms with van der Waals surface area (Å²) in [5.74, 6) is 1.48. The third-order valence-electron chi connectivity index (χ3n) is 4.10. The summed E-state index contributed by atoms with van der Waals surface area (Å²) in [6.07, 6.45) is 3.27. The predicted molar refractivity (Wildman–Crippen MR) is 99.9 cm³/mol. The van der Waals surface area contributed by atoms with Crippen LogP contribution in [0.25, 0.3) is 11.4 Å². The predicted octanol–water partition coefficient (Wildman–Crippen LogP) is 3.39. The van der Waals surface area contributed by atoms with Crippen molar-refractivity contribution in [3.05, 3.63) is 54.2 Å². The SMILES string of the molecule is COc1cccc(CCC(=O)OC(C)c2nc(-c3cccnc3)no2)c1OC. The van der Waals surface area contributed by atoms with Crippen molar-refractivity contribution in [2.24, 2.45) is 0 Å². The van der Waals surface area contributed by atoms with Gasteiger partial charge in [0.05, 0.1) is 14.2 Å². The number of ether oxygens (including phenoxy) is 3. The number of benzene rings is 1. The Kier molecular flexibility index (Phi) is 6.21. The van der Waals surface area contributed by atoms with Crippen LogP contribution in [-0.2, 0) is 16.0 Å². The van der Waals surface area contributed by atoms with Crippen LogP contribution in [0.3, 0.4) is 0 Å². The first-order valence-electron chi connectivity index (χ1n) is 8.75. The number of hydrogen-bond donors (Lipinski definition) is 0. The van der Waals surface area contributed by atoms with Gasteiger partial charge >= 0.3 is 5.97 Å². The van der Waals surface area contributed by atoms with Crippen LogP contribution in [0, 0.1) is 0 Å². The molecule has 0 aliphatic carbocycles. The number of carbonyl (C=O) groups excluding carboxylic acids is 1. The summed E-state index contributed by atoms with van der Waals surface area (Å²) < 4.78 is 21.3. The molecule has 1 aromatic carbocycles. The number of esters is 1. The fourth-order valence-electron chi connectivity index (χ4n) is 2.71. The number of methoxy groups -OCH3 is 2. The van der Waals surface area contributed by atoms with E-state index in [4.69, 9.17) is 18.7 Å². The molecule has 2 aromatic heterocycles. The van der Waals surface area contributed by atoms with Crippen molar-refractivity contribution < 1.29 is 23.5 Å². The molecule has 28 heavy (non-hydrogen) atoms. The number of carbonyl (C=O) groups is 1. The lowest BCUT2D eigenvalue weighted by Crippen LogP contribution is -2.10. The molecular weight excluding hydrogens is 362 g/mol. The molecule has 2 heterocycles. The molecule has 0 bridgehead atoms. The van der Waals surface area contributed by atoms with Crippen LogP contribution in [0.1, 0.15) is 30.9 Å². The molecule has 1 atom stereocenters.